The number of aliphatic hydroxyl groups is 3. The molecule has 1 saturated heterocycles. The van der Waals surface area contributed by atoms with Crippen molar-refractivity contribution in [3.63, 3.8) is 0 Å². The summed E-state index contributed by atoms with van der Waals surface area (Å²) in [5, 5.41) is 30.9. The molecular weight excluding hydrogens is 837 g/mol. The number of unbranched alkanes of at least 4 members (excludes halogenated alkanes) is 4. The summed E-state index contributed by atoms with van der Waals surface area (Å²) in [7, 11) is -4.62. The van der Waals surface area contributed by atoms with Gasteiger partial charge in [0.25, 0.3) is 10.1 Å². The molecule has 1 aliphatic rings. The van der Waals surface area contributed by atoms with Crippen LogP contribution in [0.3, 0.4) is 0 Å². The molecule has 12 nitrogen and oxygen atoms in total. The van der Waals surface area contributed by atoms with Gasteiger partial charge in [0.05, 0.1) is 6.61 Å². The monoisotopic (exact) mass is 915 g/mol. The van der Waals surface area contributed by atoms with E-state index in [9.17, 15) is 37.9 Å². The lowest BCUT2D eigenvalue weighted by Gasteiger charge is -2.40. The fourth-order valence-electron chi connectivity index (χ4n) is 6.04. The number of carbonyl (C=O) groups is 2. The Bertz CT molecular complexity index is 1640. The van der Waals surface area contributed by atoms with Gasteiger partial charge in [0.1, 0.15) is 36.8 Å². The minimum Gasteiger partial charge on any atom is -0.462 e. The van der Waals surface area contributed by atoms with Crippen LogP contribution in [0.4, 0.5) is 0 Å². The molecule has 1 aliphatic heterocycles. The van der Waals surface area contributed by atoms with E-state index in [0.29, 0.717) is 19.3 Å². The molecule has 6 atom stereocenters. The number of allylic oxidation sites excluding steroid dienone is 20. The highest BCUT2D eigenvalue weighted by Gasteiger charge is 2.46. The molecule has 0 amide bonds. The lowest BCUT2D eigenvalue weighted by Crippen LogP contribution is -2.60. The van der Waals surface area contributed by atoms with Crippen LogP contribution < -0.4 is 0 Å². The van der Waals surface area contributed by atoms with Gasteiger partial charge in [-0.3, -0.25) is 14.1 Å². The first-order chi connectivity index (χ1) is 31.0. The number of hydrogen-bond acceptors (Lipinski definition) is 11. The summed E-state index contributed by atoms with van der Waals surface area (Å²) < 4.78 is 54.0. The van der Waals surface area contributed by atoms with Crippen molar-refractivity contribution < 1.29 is 56.8 Å². The maximum Gasteiger partial charge on any atom is 0.306 e. The molecule has 13 heteroatoms. The van der Waals surface area contributed by atoms with Gasteiger partial charge in [-0.1, -0.05) is 148 Å². The molecule has 6 unspecified atom stereocenters. The normalized spacial score (nSPS) is 20.8. The number of ether oxygens (including phenoxy) is 4. The molecule has 0 bridgehead atoms. The zero-order valence-corrected chi connectivity index (χ0v) is 39.1. The Hall–Kier alpha value is -3.95. The molecule has 0 spiro atoms. The third-order valence-corrected chi connectivity index (χ3v) is 10.3. The summed E-state index contributed by atoms with van der Waals surface area (Å²) in [5.74, 6) is -2.15. The molecule has 1 heterocycles. The number of hydrogen-bond donors (Lipinski definition) is 4. The fraction of sp³-hybridized carbons (Fsp3) is 0.569. The van der Waals surface area contributed by atoms with E-state index >= 15 is 0 Å². The second kappa shape index (κ2) is 39.4. The standard InChI is InChI=1S/C51H78O12S/c1-3-5-7-9-11-13-15-17-19-21-22-24-26-28-30-32-34-36-38-40-47(53)62-44(42-61-51-50(56)49(55)48(54)45(63-51)43-64(57,58)59)41-60-46(52)39-37-35-33-31-29-27-25-23-20-18-16-14-12-10-8-6-4-2/h5-8,11-14,17-20,22,24-25,27-28,30,34,36,44-45,48-51,54-56H,3-4,9-10,15-16,21,23,26,29,31-33,35,37-43H2,1-2H3,(H,57,58,59)/b7-5-,8-6-,13-11-,14-12-,19-17-,20-18-,24-22-,27-25-,30-28-,36-34-. The van der Waals surface area contributed by atoms with E-state index in [0.717, 1.165) is 83.5 Å². The molecule has 1 rings (SSSR count). The van der Waals surface area contributed by atoms with Crippen molar-refractivity contribution in [2.75, 3.05) is 19.0 Å². The van der Waals surface area contributed by atoms with Gasteiger partial charge in [-0.2, -0.15) is 8.42 Å². The maximum absolute atomic E-state index is 12.8. The molecule has 360 valence electrons. The lowest BCUT2D eigenvalue weighted by molar-refractivity contribution is -0.297. The summed E-state index contributed by atoms with van der Waals surface area (Å²) >= 11 is 0. The van der Waals surface area contributed by atoms with E-state index < -0.39 is 71.2 Å². The molecule has 0 saturated carbocycles. The van der Waals surface area contributed by atoms with E-state index in [-0.39, 0.29) is 19.4 Å². The minimum absolute atomic E-state index is 0.0252. The maximum atomic E-state index is 12.8. The first-order valence-electron chi connectivity index (χ1n) is 23.1. The van der Waals surface area contributed by atoms with Gasteiger partial charge in [-0.25, -0.2) is 0 Å². The quantitative estimate of drug-likeness (QED) is 0.0202. The van der Waals surface area contributed by atoms with Gasteiger partial charge in [0, 0.05) is 12.8 Å². The highest BCUT2D eigenvalue weighted by Crippen LogP contribution is 2.24. The third kappa shape index (κ3) is 33.5. The van der Waals surface area contributed by atoms with Crippen LogP contribution in [0.25, 0.3) is 0 Å². The summed E-state index contributed by atoms with van der Waals surface area (Å²) in [6.45, 7) is 3.43. The second-order valence-electron chi connectivity index (χ2n) is 15.3. The van der Waals surface area contributed by atoms with Crippen molar-refractivity contribution in [1.29, 1.82) is 0 Å². The number of carbonyl (C=O) groups excluding carboxylic acids is 2. The molecule has 1 fully saturated rings. The molecule has 0 radical (unpaired) electrons. The topological polar surface area (TPSA) is 186 Å². The number of aliphatic hydroxyl groups excluding tert-OH is 3. The van der Waals surface area contributed by atoms with Crippen LogP contribution in [-0.4, -0.2) is 96.0 Å². The van der Waals surface area contributed by atoms with E-state index in [4.69, 9.17) is 18.9 Å². The largest absolute Gasteiger partial charge is 0.462 e. The smallest absolute Gasteiger partial charge is 0.306 e. The Kier molecular flexibility index (Phi) is 35.8. The van der Waals surface area contributed by atoms with Crippen molar-refractivity contribution in [1.82, 2.24) is 0 Å². The van der Waals surface area contributed by atoms with Gasteiger partial charge in [-0.05, 0) is 89.9 Å². The predicted molar refractivity (Wildman–Crippen MR) is 256 cm³/mol. The minimum atomic E-state index is -4.62. The van der Waals surface area contributed by atoms with Crippen molar-refractivity contribution in [2.24, 2.45) is 0 Å². The molecule has 0 aliphatic carbocycles. The van der Waals surface area contributed by atoms with Crippen molar-refractivity contribution in [3.05, 3.63) is 122 Å². The van der Waals surface area contributed by atoms with Gasteiger partial charge < -0.3 is 34.3 Å². The third-order valence-electron chi connectivity index (χ3n) is 9.55. The summed E-state index contributed by atoms with van der Waals surface area (Å²) in [6.07, 6.45) is 46.8. The zero-order valence-electron chi connectivity index (χ0n) is 38.3. The van der Waals surface area contributed by atoms with E-state index in [2.05, 4.69) is 117 Å². The lowest BCUT2D eigenvalue weighted by atomic mass is 10.00. The SMILES string of the molecule is CC/C=C\C/C=C\C/C=C\C/C=C\C/C=C\C/C=C\CCC(=O)OC(COC(=O)CCCCCC/C=C\C/C=C\C/C=C\C/C=C\CC)COC1OC(CS(=O)(=O)O)C(O)C(O)C1O. The van der Waals surface area contributed by atoms with Crippen LogP contribution in [0.5, 0.6) is 0 Å². The molecule has 64 heavy (non-hydrogen) atoms. The van der Waals surface area contributed by atoms with Crippen LogP contribution in [-0.2, 0) is 38.7 Å². The molecular formula is C51H78O12S. The Morgan fingerprint density at radius 3 is 1.44 bits per heavy atom. The van der Waals surface area contributed by atoms with Crippen LogP contribution in [0.1, 0.15) is 129 Å². The van der Waals surface area contributed by atoms with Gasteiger partial charge in [0.15, 0.2) is 12.4 Å². The molecule has 4 N–H and O–H groups in total. The van der Waals surface area contributed by atoms with Gasteiger partial charge >= 0.3 is 11.9 Å². The molecule has 0 aromatic heterocycles. The average molecular weight is 915 g/mol. The number of esters is 2. The average Bonchev–Trinajstić information content (AvgIpc) is 3.26. The predicted octanol–water partition coefficient (Wildman–Crippen LogP) is 9.78. The molecule has 0 aromatic carbocycles. The summed E-state index contributed by atoms with van der Waals surface area (Å²) in [6, 6.07) is 0. The van der Waals surface area contributed by atoms with Gasteiger partial charge in [-0.15, -0.1) is 0 Å². The highest BCUT2D eigenvalue weighted by atomic mass is 32.2. The summed E-state index contributed by atoms with van der Waals surface area (Å²) in [4.78, 5) is 25.4. The first-order valence-corrected chi connectivity index (χ1v) is 24.7. The van der Waals surface area contributed by atoms with Crippen LogP contribution in [0.2, 0.25) is 0 Å². The van der Waals surface area contributed by atoms with E-state index in [1.165, 1.54) is 0 Å². The van der Waals surface area contributed by atoms with Crippen LogP contribution in [0, 0.1) is 0 Å². The Labute approximate surface area is 384 Å². The van der Waals surface area contributed by atoms with E-state index in [1.807, 2.05) is 18.2 Å². The zero-order chi connectivity index (χ0) is 46.9. The second-order valence-corrected chi connectivity index (χ2v) is 16.8. The Morgan fingerprint density at radius 2 is 0.969 bits per heavy atom. The van der Waals surface area contributed by atoms with Crippen molar-refractivity contribution in [2.45, 2.75) is 166 Å². The fourth-order valence-corrected chi connectivity index (χ4v) is 6.74. The van der Waals surface area contributed by atoms with Crippen molar-refractivity contribution >= 4 is 22.1 Å². The van der Waals surface area contributed by atoms with Crippen molar-refractivity contribution in [3.8, 4) is 0 Å². The number of rotatable bonds is 36. The van der Waals surface area contributed by atoms with Gasteiger partial charge in [0.2, 0.25) is 0 Å². The Morgan fingerprint density at radius 1 is 0.531 bits per heavy atom. The Balaban J connectivity index is 2.53. The van der Waals surface area contributed by atoms with Crippen LogP contribution >= 0.6 is 0 Å². The summed E-state index contributed by atoms with van der Waals surface area (Å²) in [5.41, 5.74) is 0. The first kappa shape index (κ1) is 58.1. The molecule has 0 aromatic rings. The highest BCUT2D eigenvalue weighted by molar-refractivity contribution is 7.85. The van der Waals surface area contributed by atoms with Crippen LogP contribution in [0.15, 0.2) is 122 Å². The van der Waals surface area contributed by atoms with E-state index in [1.54, 1.807) is 0 Å².